The molecule has 2 heterocycles. The molecule has 1 aliphatic rings. The van der Waals surface area contributed by atoms with Crippen molar-refractivity contribution in [2.75, 3.05) is 0 Å². The van der Waals surface area contributed by atoms with Gasteiger partial charge in [0.05, 0.1) is 17.1 Å². The van der Waals surface area contributed by atoms with Crippen molar-refractivity contribution in [3.8, 4) is 17.3 Å². The molecular weight excluding hydrogens is 474 g/mol. The molecule has 0 saturated heterocycles. The van der Waals surface area contributed by atoms with Crippen LogP contribution in [-0.2, 0) is 0 Å². The maximum absolute atomic E-state index is 12.9. The number of nitrogens with one attached hydrogen (secondary N) is 1. The number of aromatic amines is 1. The highest BCUT2D eigenvalue weighted by molar-refractivity contribution is 7.99. The van der Waals surface area contributed by atoms with Crippen molar-refractivity contribution >= 4 is 34.8 Å². The highest BCUT2D eigenvalue weighted by atomic mass is 35.5. The summed E-state index contributed by atoms with van der Waals surface area (Å²) in [5.41, 5.74) is 0.632. The molecule has 0 amide bonds. The van der Waals surface area contributed by atoms with Crippen molar-refractivity contribution in [1.82, 2.24) is 9.55 Å². The number of phenols is 1. The molecule has 5 rings (SSSR count). The summed E-state index contributed by atoms with van der Waals surface area (Å²) in [5.74, 6) is -0.358. The average Bonchev–Trinajstić information content (AvgIpc) is 2.99. The first kappa shape index (κ1) is 22.1. The average molecular weight is 492 g/mol. The number of hydrogen-bond donors (Lipinski definition) is 3. The Morgan fingerprint density at radius 3 is 2.53 bits per heavy atom. The van der Waals surface area contributed by atoms with Crippen LogP contribution in [-0.4, -0.2) is 25.5 Å². The Morgan fingerprint density at radius 1 is 1.00 bits per heavy atom. The number of halogens is 1. The molecule has 0 bridgehead atoms. The zero-order valence-corrected chi connectivity index (χ0v) is 19.2. The smallest absolute Gasteiger partial charge is 0.335 e. The Bertz CT molecular complexity index is 1540. The summed E-state index contributed by atoms with van der Waals surface area (Å²) < 4.78 is 1.00. The lowest BCUT2D eigenvalue weighted by atomic mass is 10.0. The summed E-state index contributed by atoms with van der Waals surface area (Å²) in [4.78, 5) is 33.5. The van der Waals surface area contributed by atoms with Gasteiger partial charge in [-0.15, -0.1) is 11.8 Å². The molecule has 1 aliphatic heterocycles. The standard InChI is InChI=1S/C25H18ClN3O4S/c26-15-4-3-5-16(12-15)29-24(32)22(23(31)28-25(29)33)19-13-21(14-8-10-17(30)11-9-14)34-20-7-2-1-6-18(20)27-19/h1-12,21,30,32H,13H2,(H,28,31,33)/t21-/m0/s1. The second-order valence-corrected chi connectivity index (χ2v) is 9.38. The number of para-hydroxylation sites is 1. The zero-order chi connectivity index (χ0) is 23.8. The molecule has 0 unspecified atom stereocenters. The number of aliphatic imine (C=N–C) groups is 1. The van der Waals surface area contributed by atoms with Crippen molar-refractivity contribution in [1.29, 1.82) is 0 Å². The SMILES string of the molecule is O=c1[nH]c(=O)n(-c2cccc(Cl)c2)c(O)c1C1=Nc2ccccc2S[C@H](c2ccc(O)cc2)C1. The van der Waals surface area contributed by atoms with E-state index in [1.807, 2.05) is 36.4 Å². The lowest BCUT2D eigenvalue weighted by molar-refractivity contribution is 0.429. The summed E-state index contributed by atoms with van der Waals surface area (Å²) >= 11 is 7.66. The third-order valence-corrected chi connectivity index (χ3v) is 7.03. The van der Waals surface area contributed by atoms with E-state index in [4.69, 9.17) is 16.6 Å². The van der Waals surface area contributed by atoms with Crippen LogP contribution in [0.2, 0.25) is 5.02 Å². The number of fused-ring (bicyclic) bond motifs is 1. The van der Waals surface area contributed by atoms with Crippen molar-refractivity contribution in [2.24, 2.45) is 4.99 Å². The van der Waals surface area contributed by atoms with Crippen molar-refractivity contribution in [3.63, 3.8) is 0 Å². The Morgan fingerprint density at radius 2 is 1.76 bits per heavy atom. The second-order valence-electron chi connectivity index (χ2n) is 7.70. The third-order valence-electron chi connectivity index (χ3n) is 5.47. The summed E-state index contributed by atoms with van der Waals surface area (Å²) in [7, 11) is 0. The molecule has 3 aromatic carbocycles. The molecule has 1 aromatic heterocycles. The molecule has 0 saturated carbocycles. The van der Waals surface area contributed by atoms with E-state index < -0.39 is 17.1 Å². The first-order chi connectivity index (χ1) is 16.4. The summed E-state index contributed by atoms with van der Waals surface area (Å²) in [5, 5.41) is 21.1. The number of rotatable bonds is 3. The normalized spacial score (nSPS) is 15.3. The molecule has 34 heavy (non-hydrogen) atoms. The molecule has 1 atom stereocenters. The quantitative estimate of drug-likeness (QED) is 0.376. The minimum atomic E-state index is -0.785. The summed E-state index contributed by atoms with van der Waals surface area (Å²) in [6, 6.07) is 20.8. The van der Waals surface area contributed by atoms with Crippen LogP contribution in [0.3, 0.4) is 0 Å². The maximum Gasteiger partial charge on any atom is 0.335 e. The van der Waals surface area contributed by atoms with Gasteiger partial charge in [0.15, 0.2) is 0 Å². The van der Waals surface area contributed by atoms with Gasteiger partial charge in [0.2, 0.25) is 5.88 Å². The van der Waals surface area contributed by atoms with Crippen molar-refractivity contribution in [3.05, 3.63) is 110 Å². The van der Waals surface area contributed by atoms with E-state index in [1.54, 1.807) is 42.1 Å². The highest BCUT2D eigenvalue weighted by Crippen LogP contribution is 2.46. The zero-order valence-electron chi connectivity index (χ0n) is 17.6. The number of aromatic nitrogens is 2. The number of thioether (sulfide) groups is 1. The number of aromatic hydroxyl groups is 2. The van der Waals surface area contributed by atoms with Crippen LogP contribution in [0, 0.1) is 0 Å². The number of phenolic OH excluding ortho intramolecular Hbond substituents is 1. The van der Waals surface area contributed by atoms with E-state index in [1.165, 1.54) is 6.07 Å². The molecule has 0 fully saturated rings. The largest absolute Gasteiger partial charge is 0.508 e. The Balaban J connectivity index is 1.71. The molecule has 0 radical (unpaired) electrons. The van der Waals surface area contributed by atoms with Gasteiger partial charge in [0, 0.05) is 21.6 Å². The van der Waals surface area contributed by atoms with Crippen LogP contribution in [0.25, 0.3) is 5.69 Å². The van der Waals surface area contributed by atoms with Crippen molar-refractivity contribution in [2.45, 2.75) is 16.6 Å². The van der Waals surface area contributed by atoms with Gasteiger partial charge in [-0.2, -0.15) is 0 Å². The first-order valence-corrected chi connectivity index (χ1v) is 11.6. The number of H-pyrrole nitrogens is 1. The fraction of sp³-hybridized carbons (Fsp3) is 0.0800. The molecule has 0 spiro atoms. The van der Waals surface area contributed by atoms with E-state index in [0.717, 1.165) is 15.0 Å². The molecular formula is C25H18ClN3O4S. The topological polar surface area (TPSA) is 108 Å². The van der Waals surface area contributed by atoms with Crippen molar-refractivity contribution < 1.29 is 10.2 Å². The van der Waals surface area contributed by atoms with Gasteiger partial charge < -0.3 is 10.2 Å². The Kier molecular flexibility index (Phi) is 5.77. The maximum atomic E-state index is 12.9. The van der Waals surface area contributed by atoms with Crippen LogP contribution < -0.4 is 11.2 Å². The number of nitrogens with zero attached hydrogens (tertiary/aromatic N) is 2. The molecule has 170 valence electrons. The molecule has 9 heteroatoms. The first-order valence-electron chi connectivity index (χ1n) is 10.4. The fourth-order valence-electron chi connectivity index (χ4n) is 3.88. The van der Waals surface area contributed by atoms with E-state index >= 15 is 0 Å². The third kappa shape index (κ3) is 4.13. The molecule has 0 aliphatic carbocycles. The van der Waals surface area contributed by atoms with Gasteiger partial charge in [-0.3, -0.25) is 14.8 Å². The predicted molar refractivity (Wildman–Crippen MR) is 133 cm³/mol. The highest BCUT2D eigenvalue weighted by Gasteiger charge is 2.27. The van der Waals surface area contributed by atoms with Gasteiger partial charge in [0.1, 0.15) is 11.3 Å². The fourth-order valence-corrected chi connectivity index (χ4v) is 5.30. The van der Waals surface area contributed by atoms with E-state index in [9.17, 15) is 19.8 Å². The summed E-state index contributed by atoms with van der Waals surface area (Å²) in [6.07, 6.45) is 0.300. The van der Waals surface area contributed by atoms with Gasteiger partial charge in [-0.05, 0) is 48.0 Å². The van der Waals surface area contributed by atoms with Crippen LogP contribution in [0.5, 0.6) is 11.6 Å². The molecule has 7 nitrogen and oxygen atoms in total. The van der Waals surface area contributed by atoms with E-state index in [-0.39, 0.29) is 16.6 Å². The minimum Gasteiger partial charge on any atom is -0.508 e. The van der Waals surface area contributed by atoms with Gasteiger partial charge in [0.25, 0.3) is 5.56 Å². The summed E-state index contributed by atoms with van der Waals surface area (Å²) in [6.45, 7) is 0. The number of hydrogen-bond acceptors (Lipinski definition) is 6. The number of benzene rings is 3. The van der Waals surface area contributed by atoms with Gasteiger partial charge in [-0.1, -0.05) is 41.9 Å². The molecule has 4 aromatic rings. The van der Waals surface area contributed by atoms with E-state index in [0.29, 0.717) is 28.5 Å². The minimum absolute atomic E-state index is 0.0827. The lowest BCUT2D eigenvalue weighted by Crippen LogP contribution is -2.33. The van der Waals surface area contributed by atoms with Crippen LogP contribution in [0.15, 0.2) is 92.3 Å². The lowest BCUT2D eigenvalue weighted by Gasteiger charge is -2.17. The Labute approximate surface area is 203 Å². The second kappa shape index (κ2) is 8.89. The van der Waals surface area contributed by atoms with Crippen LogP contribution in [0.1, 0.15) is 22.8 Å². The van der Waals surface area contributed by atoms with Crippen LogP contribution >= 0.6 is 23.4 Å². The monoisotopic (exact) mass is 491 g/mol. The van der Waals surface area contributed by atoms with Gasteiger partial charge in [-0.25, -0.2) is 9.36 Å². The Hall–Kier alpha value is -3.75. The van der Waals surface area contributed by atoms with Crippen LogP contribution in [0.4, 0.5) is 5.69 Å². The van der Waals surface area contributed by atoms with Gasteiger partial charge >= 0.3 is 5.69 Å². The van der Waals surface area contributed by atoms with E-state index in [2.05, 4.69) is 4.98 Å². The molecule has 3 N–H and O–H groups in total. The predicted octanol–water partition coefficient (Wildman–Crippen LogP) is 4.95.